The molecule has 2 aromatic heterocycles. The van der Waals surface area contributed by atoms with Crippen molar-refractivity contribution in [2.24, 2.45) is 4.99 Å². The maximum absolute atomic E-state index is 12.8. The molecule has 0 radical (unpaired) electrons. The van der Waals surface area contributed by atoms with E-state index >= 15 is 0 Å². The van der Waals surface area contributed by atoms with Crippen LogP contribution in [0.1, 0.15) is 12.5 Å². The van der Waals surface area contributed by atoms with E-state index in [1.807, 2.05) is 55.6 Å². The van der Waals surface area contributed by atoms with Gasteiger partial charge in [-0.2, -0.15) is 4.98 Å². The minimum atomic E-state index is -0.326. The molecule has 3 aliphatic heterocycles. The van der Waals surface area contributed by atoms with Crippen LogP contribution in [0.4, 0.5) is 0 Å². The van der Waals surface area contributed by atoms with E-state index in [1.54, 1.807) is 10.8 Å². The van der Waals surface area contributed by atoms with Crippen LogP contribution in [0, 0.1) is 0 Å². The fourth-order valence-electron chi connectivity index (χ4n) is 4.63. The van der Waals surface area contributed by atoms with Gasteiger partial charge in [-0.05, 0) is 42.7 Å². The lowest BCUT2D eigenvalue weighted by Crippen LogP contribution is -2.32. The number of pyridine rings is 1. The number of rotatable bonds is 6. The summed E-state index contributed by atoms with van der Waals surface area (Å²) < 4.78 is 24.9. The molecule has 188 valence electrons. The Labute approximate surface area is 213 Å². The Bertz CT molecular complexity index is 1470. The summed E-state index contributed by atoms with van der Waals surface area (Å²) in [6, 6.07) is 11.9. The topological polar surface area (TPSA) is 97.1 Å². The number of aromatic nitrogens is 3. The maximum atomic E-state index is 12.8. The molecular formula is C28H26N4O5. The van der Waals surface area contributed by atoms with E-state index in [0.717, 1.165) is 34.4 Å². The minimum Gasteiger partial charge on any atom is -0.488 e. The number of benzene rings is 1. The fourth-order valence-corrected chi connectivity index (χ4v) is 4.63. The van der Waals surface area contributed by atoms with Crippen molar-refractivity contribution in [3.05, 3.63) is 82.3 Å². The zero-order chi connectivity index (χ0) is 25.2. The van der Waals surface area contributed by atoms with Crippen LogP contribution in [-0.2, 0) is 22.4 Å². The van der Waals surface area contributed by atoms with Gasteiger partial charge in [0, 0.05) is 42.2 Å². The van der Waals surface area contributed by atoms with Crippen molar-refractivity contribution in [3.8, 4) is 34.1 Å². The van der Waals surface area contributed by atoms with Crippen molar-refractivity contribution in [2.45, 2.75) is 26.0 Å². The smallest absolute Gasteiger partial charge is 0.351 e. The predicted molar refractivity (Wildman–Crippen MR) is 138 cm³/mol. The Hall–Kier alpha value is -4.40. The van der Waals surface area contributed by atoms with Crippen LogP contribution in [0.3, 0.4) is 0 Å². The first-order chi connectivity index (χ1) is 18.2. The maximum Gasteiger partial charge on any atom is 0.351 e. The summed E-state index contributed by atoms with van der Waals surface area (Å²) in [6.07, 6.45) is 7.60. The molecular weight excluding hydrogens is 472 g/mol. The summed E-state index contributed by atoms with van der Waals surface area (Å²) in [5, 5.41) is 0. The van der Waals surface area contributed by atoms with Crippen molar-refractivity contribution < 1.29 is 18.9 Å². The van der Waals surface area contributed by atoms with Gasteiger partial charge in [0.2, 0.25) is 11.8 Å². The first-order valence-corrected chi connectivity index (χ1v) is 12.3. The molecule has 37 heavy (non-hydrogen) atoms. The highest BCUT2D eigenvalue weighted by molar-refractivity contribution is 5.73. The predicted octanol–water partition coefficient (Wildman–Crippen LogP) is 3.57. The molecule has 1 unspecified atom stereocenters. The third kappa shape index (κ3) is 4.72. The van der Waals surface area contributed by atoms with Gasteiger partial charge in [0.05, 0.1) is 12.3 Å². The van der Waals surface area contributed by atoms with Crippen LogP contribution in [0.25, 0.3) is 22.4 Å². The largest absolute Gasteiger partial charge is 0.488 e. The number of hydrogen-bond donors (Lipinski definition) is 0. The van der Waals surface area contributed by atoms with E-state index < -0.39 is 0 Å². The summed E-state index contributed by atoms with van der Waals surface area (Å²) in [5.41, 5.74) is 4.70. The zero-order valence-corrected chi connectivity index (χ0v) is 20.4. The Kier molecular flexibility index (Phi) is 6.18. The molecule has 1 aromatic carbocycles. The molecule has 0 spiro atoms. The lowest BCUT2D eigenvalue weighted by Gasteiger charge is -2.27. The van der Waals surface area contributed by atoms with Gasteiger partial charge >= 0.3 is 5.69 Å². The highest BCUT2D eigenvalue weighted by atomic mass is 16.6. The van der Waals surface area contributed by atoms with Crippen molar-refractivity contribution in [1.29, 1.82) is 0 Å². The molecule has 6 rings (SSSR count). The molecule has 0 saturated heterocycles. The molecule has 0 N–H and O–H groups in total. The fraction of sp³-hybridized carbons (Fsp3) is 0.286. The summed E-state index contributed by atoms with van der Waals surface area (Å²) in [7, 11) is 0. The molecule has 5 heterocycles. The van der Waals surface area contributed by atoms with Crippen LogP contribution >= 0.6 is 0 Å². The Morgan fingerprint density at radius 2 is 2.03 bits per heavy atom. The van der Waals surface area contributed by atoms with Crippen LogP contribution in [0.15, 0.2) is 76.1 Å². The Balaban J connectivity index is 1.21. The first kappa shape index (κ1) is 23.0. The number of nitrogens with zero attached hydrogens (tertiary/aromatic N) is 4. The highest BCUT2D eigenvalue weighted by Gasteiger charge is 2.25. The molecule has 0 fully saturated rings. The van der Waals surface area contributed by atoms with Crippen molar-refractivity contribution in [3.63, 3.8) is 0 Å². The summed E-state index contributed by atoms with van der Waals surface area (Å²) in [5.74, 6) is 2.25. The number of ether oxygens (including phenoxy) is 4. The van der Waals surface area contributed by atoms with E-state index in [-0.39, 0.29) is 24.3 Å². The van der Waals surface area contributed by atoms with Crippen molar-refractivity contribution >= 4 is 6.21 Å². The van der Waals surface area contributed by atoms with Crippen molar-refractivity contribution in [2.75, 3.05) is 26.4 Å². The summed E-state index contributed by atoms with van der Waals surface area (Å²) in [4.78, 5) is 25.6. The lowest BCUT2D eigenvalue weighted by atomic mass is 9.94. The van der Waals surface area contributed by atoms with E-state index in [9.17, 15) is 4.79 Å². The number of hydrogen-bond acceptors (Lipinski definition) is 8. The van der Waals surface area contributed by atoms with E-state index in [1.165, 1.54) is 0 Å². The standard InChI is InChI=1S/C28H26N4O5/c1-2-34-26-8-6-20(14-30-26)18-5-7-22-19(12-18)9-11-32-23(22)13-27(31-28(32)33)36-17-21-16-35-25-15-29-10-3-4-24(25)37-21/h3-8,10,12-14,21H,2,9,11,15-17H2,1H3. The van der Waals surface area contributed by atoms with Gasteiger partial charge in [-0.25, -0.2) is 9.78 Å². The Morgan fingerprint density at radius 3 is 2.89 bits per heavy atom. The Morgan fingerprint density at radius 1 is 1.11 bits per heavy atom. The quantitative estimate of drug-likeness (QED) is 0.513. The second kappa shape index (κ2) is 9.93. The summed E-state index contributed by atoms with van der Waals surface area (Å²) in [6.45, 7) is 4.08. The molecule has 0 bridgehead atoms. The molecule has 0 amide bonds. The van der Waals surface area contributed by atoms with Crippen molar-refractivity contribution in [1.82, 2.24) is 14.5 Å². The van der Waals surface area contributed by atoms with Crippen LogP contribution < -0.4 is 15.2 Å². The van der Waals surface area contributed by atoms with Crippen LogP contribution in [0.5, 0.6) is 11.8 Å². The van der Waals surface area contributed by atoms with E-state index in [2.05, 4.69) is 21.0 Å². The van der Waals surface area contributed by atoms with Gasteiger partial charge in [-0.3, -0.25) is 9.56 Å². The van der Waals surface area contributed by atoms with Crippen LogP contribution in [0.2, 0.25) is 0 Å². The number of aryl methyl sites for hydroxylation is 1. The average molecular weight is 499 g/mol. The summed E-state index contributed by atoms with van der Waals surface area (Å²) >= 11 is 0. The van der Waals surface area contributed by atoms with Crippen LogP contribution in [-0.4, -0.2) is 53.2 Å². The van der Waals surface area contributed by atoms with Gasteiger partial charge in [-0.15, -0.1) is 0 Å². The molecule has 0 aliphatic carbocycles. The third-order valence-corrected chi connectivity index (χ3v) is 6.44. The number of fused-ring (bicyclic) bond motifs is 3. The van der Waals surface area contributed by atoms with Gasteiger partial charge in [0.1, 0.15) is 19.8 Å². The molecule has 9 nitrogen and oxygen atoms in total. The molecule has 0 saturated carbocycles. The second-order valence-corrected chi connectivity index (χ2v) is 8.85. The van der Waals surface area contributed by atoms with E-state index in [0.29, 0.717) is 43.7 Å². The van der Waals surface area contributed by atoms with Gasteiger partial charge in [0.15, 0.2) is 17.6 Å². The number of allylic oxidation sites excluding steroid dienone is 2. The van der Waals surface area contributed by atoms with Gasteiger partial charge in [-0.1, -0.05) is 18.2 Å². The zero-order valence-electron chi connectivity index (χ0n) is 20.4. The highest BCUT2D eigenvalue weighted by Crippen LogP contribution is 2.33. The van der Waals surface area contributed by atoms with Gasteiger partial charge in [0.25, 0.3) is 0 Å². The average Bonchev–Trinajstić information content (AvgIpc) is 3.17. The SMILES string of the molecule is CCOc1ccc(-c2ccc3c(c2)CCn2c-3cc(OCC3COC4=C(C=CC=NC4)O3)nc2=O)cn1. The lowest BCUT2D eigenvalue weighted by molar-refractivity contribution is -0.0212. The normalized spacial score (nSPS) is 17.6. The monoisotopic (exact) mass is 498 g/mol. The molecule has 3 aromatic rings. The van der Waals surface area contributed by atoms with E-state index in [4.69, 9.17) is 18.9 Å². The first-order valence-electron chi connectivity index (χ1n) is 12.3. The molecule has 3 aliphatic rings. The minimum absolute atomic E-state index is 0.206. The van der Waals surface area contributed by atoms with Gasteiger partial charge < -0.3 is 18.9 Å². The molecule has 9 heteroatoms. The molecule has 1 atom stereocenters. The number of aliphatic imine (C=N–C) groups is 1. The second-order valence-electron chi connectivity index (χ2n) is 8.85. The third-order valence-electron chi connectivity index (χ3n) is 6.44.